The molecule has 0 saturated carbocycles. The molecule has 0 bridgehead atoms. The van der Waals surface area contributed by atoms with E-state index in [9.17, 15) is 4.79 Å². The minimum atomic E-state index is -0.117. The van der Waals surface area contributed by atoms with Gasteiger partial charge >= 0.3 is 0 Å². The molecule has 6 nitrogen and oxygen atoms in total. The van der Waals surface area contributed by atoms with Crippen LogP contribution < -0.4 is 15.4 Å². The lowest BCUT2D eigenvalue weighted by Gasteiger charge is -2.06. The number of benzene rings is 1. The van der Waals surface area contributed by atoms with Crippen LogP contribution in [-0.2, 0) is 25.9 Å². The number of halogens is 1. The molecule has 1 amide bonds. The first-order valence-corrected chi connectivity index (χ1v) is 8.52. The summed E-state index contributed by atoms with van der Waals surface area (Å²) in [5, 5.41) is 6.30. The van der Waals surface area contributed by atoms with E-state index in [0.29, 0.717) is 12.2 Å². The summed E-state index contributed by atoms with van der Waals surface area (Å²) < 4.78 is 7.78. The maximum atomic E-state index is 12.4. The quantitative estimate of drug-likeness (QED) is 0.872. The molecule has 2 aliphatic heterocycles. The van der Waals surface area contributed by atoms with Crippen LogP contribution in [0.1, 0.15) is 34.4 Å². The molecule has 2 aliphatic rings. The molecule has 1 atom stereocenters. The fraction of sp³-hybridized carbons (Fsp3) is 0.444. The molecule has 1 aromatic carbocycles. The maximum absolute atomic E-state index is 12.4. The van der Waals surface area contributed by atoms with Gasteiger partial charge in [0.1, 0.15) is 23.4 Å². The second kappa shape index (κ2) is 7.45. The zero-order valence-corrected chi connectivity index (χ0v) is 15.1. The third-order valence-electron chi connectivity index (χ3n) is 4.56. The number of rotatable bonds is 3. The van der Waals surface area contributed by atoms with Gasteiger partial charge in [0.05, 0.1) is 0 Å². The SMILES string of the molecule is CC1Cc2cc(CNC(=O)c3cn4c(n3)CCNCC4)ccc2O1.Cl. The summed E-state index contributed by atoms with van der Waals surface area (Å²) in [6.45, 7) is 5.26. The number of hydrogen-bond donors (Lipinski definition) is 2. The molecular formula is C18H23ClN4O2. The fourth-order valence-corrected chi connectivity index (χ4v) is 3.34. The molecule has 4 rings (SSSR count). The van der Waals surface area contributed by atoms with Gasteiger partial charge in [-0.2, -0.15) is 0 Å². The number of hydrogen-bond acceptors (Lipinski definition) is 4. The van der Waals surface area contributed by atoms with Crippen LogP contribution in [-0.4, -0.2) is 34.7 Å². The van der Waals surface area contributed by atoms with Crippen molar-refractivity contribution in [2.75, 3.05) is 13.1 Å². The second-order valence-electron chi connectivity index (χ2n) is 6.49. The minimum absolute atomic E-state index is 0. The van der Waals surface area contributed by atoms with Gasteiger partial charge in [0.15, 0.2) is 0 Å². The molecule has 25 heavy (non-hydrogen) atoms. The highest BCUT2D eigenvalue weighted by atomic mass is 35.5. The van der Waals surface area contributed by atoms with E-state index in [4.69, 9.17) is 4.74 Å². The molecule has 0 saturated heterocycles. The smallest absolute Gasteiger partial charge is 0.271 e. The van der Waals surface area contributed by atoms with E-state index in [1.165, 1.54) is 5.56 Å². The summed E-state index contributed by atoms with van der Waals surface area (Å²) >= 11 is 0. The molecule has 2 aromatic rings. The zero-order chi connectivity index (χ0) is 16.5. The number of imidazole rings is 1. The van der Waals surface area contributed by atoms with Crippen molar-refractivity contribution in [1.82, 2.24) is 20.2 Å². The minimum Gasteiger partial charge on any atom is -0.490 e. The van der Waals surface area contributed by atoms with E-state index in [-0.39, 0.29) is 24.4 Å². The van der Waals surface area contributed by atoms with Gasteiger partial charge in [-0.3, -0.25) is 4.79 Å². The highest BCUT2D eigenvalue weighted by molar-refractivity contribution is 5.92. The Labute approximate surface area is 153 Å². The van der Waals surface area contributed by atoms with Crippen molar-refractivity contribution in [2.45, 2.75) is 39.0 Å². The van der Waals surface area contributed by atoms with Gasteiger partial charge in [-0.15, -0.1) is 12.4 Å². The van der Waals surface area contributed by atoms with Crippen molar-refractivity contribution in [3.05, 3.63) is 47.0 Å². The van der Waals surface area contributed by atoms with Crippen molar-refractivity contribution >= 4 is 18.3 Å². The van der Waals surface area contributed by atoms with Gasteiger partial charge in [0.25, 0.3) is 5.91 Å². The number of nitrogens with one attached hydrogen (secondary N) is 2. The summed E-state index contributed by atoms with van der Waals surface area (Å²) in [7, 11) is 0. The number of amides is 1. The molecule has 3 heterocycles. The van der Waals surface area contributed by atoms with Crippen molar-refractivity contribution in [2.24, 2.45) is 0 Å². The molecular weight excluding hydrogens is 340 g/mol. The first-order valence-electron chi connectivity index (χ1n) is 8.52. The van der Waals surface area contributed by atoms with Crippen LogP contribution in [0.5, 0.6) is 5.75 Å². The number of nitrogens with zero attached hydrogens (tertiary/aromatic N) is 2. The highest BCUT2D eigenvalue weighted by Crippen LogP contribution is 2.29. The van der Waals surface area contributed by atoms with Crippen molar-refractivity contribution in [3.8, 4) is 5.75 Å². The highest BCUT2D eigenvalue weighted by Gasteiger charge is 2.19. The van der Waals surface area contributed by atoms with Crippen LogP contribution in [0.2, 0.25) is 0 Å². The molecule has 0 spiro atoms. The standard InChI is InChI=1S/C18H22N4O2.ClH/c1-12-8-14-9-13(2-3-16(14)24-12)10-20-18(23)15-11-22-7-6-19-5-4-17(22)21-15;/h2-3,9,11-12,19H,4-8,10H2,1H3,(H,20,23);1H. The molecule has 0 radical (unpaired) electrons. The lowest BCUT2D eigenvalue weighted by molar-refractivity contribution is 0.0946. The molecule has 0 fully saturated rings. The molecule has 1 unspecified atom stereocenters. The number of ether oxygens (including phenoxy) is 1. The average Bonchev–Trinajstić information content (AvgIpc) is 3.08. The van der Waals surface area contributed by atoms with Crippen molar-refractivity contribution in [1.29, 1.82) is 0 Å². The van der Waals surface area contributed by atoms with Crippen LogP contribution in [0, 0.1) is 0 Å². The fourth-order valence-electron chi connectivity index (χ4n) is 3.34. The number of carbonyl (C=O) groups excluding carboxylic acids is 1. The lowest BCUT2D eigenvalue weighted by atomic mass is 10.1. The predicted octanol–water partition coefficient (Wildman–Crippen LogP) is 1.70. The van der Waals surface area contributed by atoms with Crippen molar-refractivity contribution in [3.63, 3.8) is 0 Å². The summed E-state index contributed by atoms with van der Waals surface area (Å²) in [4.78, 5) is 16.9. The number of carbonyl (C=O) groups is 1. The Morgan fingerprint density at radius 2 is 2.32 bits per heavy atom. The maximum Gasteiger partial charge on any atom is 0.271 e. The first-order chi connectivity index (χ1) is 11.7. The second-order valence-corrected chi connectivity index (χ2v) is 6.49. The Morgan fingerprint density at radius 1 is 1.44 bits per heavy atom. The molecule has 134 valence electrons. The number of fused-ring (bicyclic) bond motifs is 2. The van der Waals surface area contributed by atoms with Crippen molar-refractivity contribution < 1.29 is 9.53 Å². The lowest BCUT2D eigenvalue weighted by Crippen LogP contribution is -2.23. The van der Waals surface area contributed by atoms with Gasteiger partial charge in [-0.1, -0.05) is 12.1 Å². The van der Waals surface area contributed by atoms with Gasteiger partial charge in [0, 0.05) is 45.2 Å². The van der Waals surface area contributed by atoms with Crippen LogP contribution in [0.4, 0.5) is 0 Å². The average molecular weight is 363 g/mol. The zero-order valence-electron chi connectivity index (χ0n) is 14.2. The van der Waals surface area contributed by atoms with Crippen LogP contribution in [0.25, 0.3) is 0 Å². The molecule has 7 heteroatoms. The predicted molar refractivity (Wildman–Crippen MR) is 97.5 cm³/mol. The normalized spacial score (nSPS) is 18.4. The summed E-state index contributed by atoms with van der Waals surface area (Å²) in [6.07, 6.45) is 3.88. The van der Waals surface area contributed by atoms with Gasteiger partial charge in [-0.25, -0.2) is 4.98 Å². The van der Waals surface area contributed by atoms with E-state index >= 15 is 0 Å². The Hall–Kier alpha value is -2.05. The topological polar surface area (TPSA) is 68.2 Å². The van der Waals surface area contributed by atoms with E-state index in [0.717, 1.165) is 49.6 Å². The summed E-state index contributed by atoms with van der Waals surface area (Å²) in [5.41, 5.74) is 2.81. The van der Waals surface area contributed by atoms with E-state index in [1.807, 2.05) is 18.3 Å². The third kappa shape index (κ3) is 3.80. The Morgan fingerprint density at radius 3 is 3.20 bits per heavy atom. The van der Waals surface area contributed by atoms with Crippen LogP contribution >= 0.6 is 12.4 Å². The molecule has 1 aromatic heterocycles. The Bertz CT molecular complexity index is 751. The molecule has 0 aliphatic carbocycles. The van der Waals surface area contributed by atoms with Gasteiger partial charge < -0.3 is 19.9 Å². The van der Waals surface area contributed by atoms with E-state index in [1.54, 1.807) is 0 Å². The Balaban J connectivity index is 0.00000182. The van der Waals surface area contributed by atoms with Crippen LogP contribution in [0.3, 0.4) is 0 Å². The monoisotopic (exact) mass is 362 g/mol. The Kier molecular flexibility index (Phi) is 5.30. The summed E-state index contributed by atoms with van der Waals surface area (Å²) in [6, 6.07) is 6.12. The third-order valence-corrected chi connectivity index (χ3v) is 4.56. The van der Waals surface area contributed by atoms with Gasteiger partial charge in [-0.05, 0) is 24.1 Å². The van der Waals surface area contributed by atoms with E-state index < -0.39 is 0 Å². The first kappa shape index (κ1) is 17.8. The molecule has 2 N–H and O–H groups in total. The van der Waals surface area contributed by atoms with Crippen LogP contribution in [0.15, 0.2) is 24.4 Å². The summed E-state index contributed by atoms with van der Waals surface area (Å²) in [5.74, 6) is 1.83. The van der Waals surface area contributed by atoms with E-state index in [2.05, 4.69) is 33.2 Å². The largest absolute Gasteiger partial charge is 0.490 e. The van der Waals surface area contributed by atoms with Gasteiger partial charge in [0.2, 0.25) is 0 Å². The number of aromatic nitrogens is 2.